The van der Waals surface area contributed by atoms with E-state index in [-0.39, 0.29) is 30.1 Å². The van der Waals surface area contributed by atoms with Crippen molar-refractivity contribution in [3.8, 4) is 5.88 Å². The third-order valence-electron chi connectivity index (χ3n) is 5.36. The van der Waals surface area contributed by atoms with Crippen LogP contribution in [0, 0.1) is 6.92 Å². The Bertz CT molecular complexity index is 1030. The summed E-state index contributed by atoms with van der Waals surface area (Å²) in [6.45, 7) is 3.36. The minimum atomic E-state index is -4.60. The zero-order valence-corrected chi connectivity index (χ0v) is 17.0. The standard InChI is InChI=1S/C19H21F3N4O3S/c1-13-9-23-10-18(24-13)29-16-8-15-11-26(6-5-25(15)12-16)30(27,28)17-4-2-3-14(7-17)19(20,21)22/h2-4,7,9-10,15-16H,5-6,8,11-12H2,1H3/t15-,16+/m0/s1. The number of aryl methyl sites for hydroxylation is 1. The van der Waals surface area contributed by atoms with E-state index in [4.69, 9.17) is 4.74 Å². The summed E-state index contributed by atoms with van der Waals surface area (Å²) in [6, 6.07) is 3.81. The number of ether oxygens (including phenoxy) is 1. The maximum Gasteiger partial charge on any atom is 0.416 e. The molecule has 2 aromatic rings. The zero-order valence-electron chi connectivity index (χ0n) is 16.2. The molecule has 2 atom stereocenters. The van der Waals surface area contributed by atoms with Gasteiger partial charge in [-0.05, 0) is 25.1 Å². The first-order chi connectivity index (χ1) is 14.1. The molecular weight excluding hydrogens is 421 g/mol. The number of halogens is 3. The highest BCUT2D eigenvalue weighted by Gasteiger charge is 2.41. The molecule has 1 aromatic carbocycles. The van der Waals surface area contributed by atoms with Gasteiger partial charge in [-0.15, -0.1) is 0 Å². The molecule has 11 heteroatoms. The Morgan fingerprint density at radius 3 is 2.70 bits per heavy atom. The Labute approximate surface area is 172 Å². The van der Waals surface area contributed by atoms with Crippen molar-refractivity contribution in [1.29, 1.82) is 0 Å². The van der Waals surface area contributed by atoms with Crippen molar-refractivity contribution in [2.24, 2.45) is 0 Å². The highest BCUT2D eigenvalue weighted by atomic mass is 32.2. The second-order valence-electron chi connectivity index (χ2n) is 7.51. The van der Waals surface area contributed by atoms with Crippen LogP contribution in [0.4, 0.5) is 13.2 Å². The molecule has 7 nitrogen and oxygen atoms in total. The van der Waals surface area contributed by atoms with Gasteiger partial charge < -0.3 is 4.74 Å². The van der Waals surface area contributed by atoms with Crippen LogP contribution in [0.25, 0.3) is 0 Å². The van der Waals surface area contributed by atoms with Crippen molar-refractivity contribution in [2.45, 2.75) is 36.6 Å². The van der Waals surface area contributed by atoms with Crippen LogP contribution in [0.2, 0.25) is 0 Å². The molecule has 0 saturated carbocycles. The van der Waals surface area contributed by atoms with E-state index in [0.717, 1.165) is 17.8 Å². The van der Waals surface area contributed by atoms with Crippen LogP contribution in [-0.2, 0) is 16.2 Å². The van der Waals surface area contributed by atoms with Gasteiger partial charge in [0.2, 0.25) is 15.9 Å². The van der Waals surface area contributed by atoms with Crippen molar-refractivity contribution in [1.82, 2.24) is 19.2 Å². The summed E-state index contributed by atoms with van der Waals surface area (Å²) in [6.07, 6.45) is -0.985. The first-order valence-electron chi connectivity index (χ1n) is 9.50. The first-order valence-corrected chi connectivity index (χ1v) is 10.9. The number of hydrogen-bond donors (Lipinski definition) is 0. The molecule has 2 aliphatic rings. The lowest BCUT2D eigenvalue weighted by Gasteiger charge is -2.36. The fourth-order valence-electron chi connectivity index (χ4n) is 3.92. The molecule has 0 unspecified atom stereocenters. The lowest BCUT2D eigenvalue weighted by molar-refractivity contribution is -0.137. The summed E-state index contributed by atoms with van der Waals surface area (Å²) in [7, 11) is -4.02. The van der Waals surface area contributed by atoms with E-state index in [9.17, 15) is 21.6 Å². The van der Waals surface area contributed by atoms with Crippen LogP contribution in [-0.4, -0.2) is 65.9 Å². The van der Waals surface area contributed by atoms with Crippen LogP contribution in [0.15, 0.2) is 41.6 Å². The SMILES string of the molecule is Cc1cncc(O[C@@H]2C[C@H]3CN(S(=O)(=O)c4cccc(C(F)(F)F)c4)CCN3C2)n1. The molecule has 4 rings (SSSR count). The van der Waals surface area contributed by atoms with E-state index in [1.165, 1.54) is 16.6 Å². The van der Waals surface area contributed by atoms with E-state index in [0.29, 0.717) is 31.5 Å². The topological polar surface area (TPSA) is 75.6 Å². The van der Waals surface area contributed by atoms with E-state index in [1.54, 1.807) is 6.20 Å². The summed E-state index contributed by atoms with van der Waals surface area (Å²) >= 11 is 0. The number of benzene rings is 1. The Hall–Kier alpha value is -2.24. The van der Waals surface area contributed by atoms with Gasteiger partial charge >= 0.3 is 6.18 Å². The van der Waals surface area contributed by atoms with Gasteiger partial charge in [0.1, 0.15) is 6.10 Å². The van der Waals surface area contributed by atoms with Gasteiger partial charge in [0.05, 0.1) is 22.3 Å². The molecule has 0 aliphatic carbocycles. The number of nitrogens with zero attached hydrogens (tertiary/aromatic N) is 4. The Balaban J connectivity index is 1.46. The summed E-state index contributed by atoms with van der Waals surface area (Å²) in [5, 5.41) is 0. The van der Waals surface area contributed by atoms with E-state index >= 15 is 0 Å². The number of sulfonamides is 1. The van der Waals surface area contributed by atoms with Crippen LogP contribution in [0.3, 0.4) is 0 Å². The highest BCUT2D eigenvalue weighted by molar-refractivity contribution is 7.89. The minimum absolute atomic E-state index is 0.0675. The van der Waals surface area contributed by atoms with Gasteiger partial charge in [0.15, 0.2) is 0 Å². The maximum atomic E-state index is 13.0. The third kappa shape index (κ3) is 4.28. The molecule has 2 fully saturated rings. The normalized spacial score (nSPS) is 23.3. The molecule has 0 N–H and O–H groups in total. The molecule has 1 aromatic heterocycles. The average molecular weight is 442 g/mol. The van der Waals surface area contributed by atoms with Gasteiger partial charge in [-0.3, -0.25) is 9.88 Å². The lowest BCUT2D eigenvalue weighted by atomic mass is 10.2. The number of aromatic nitrogens is 2. The number of hydrogen-bond acceptors (Lipinski definition) is 6. The fraction of sp³-hybridized carbons (Fsp3) is 0.474. The Morgan fingerprint density at radius 1 is 1.17 bits per heavy atom. The highest BCUT2D eigenvalue weighted by Crippen LogP contribution is 2.32. The number of rotatable bonds is 4. The molecule has 162 valence electrons. The summed E-state index contributed by atoms with van der Waals surface area (Å²) in [5.74, 6) is 0.424. The van der Waals surface area contributed by atoms with Gasteiger partial charge in [-0.25, -0.2) is 13.4 Å². The van der Waals surface area contributed by atoms with Crippen molar-refractivity contribution < 1.29 is 26.3 Å². The lowest BCUT2D eigenvalue weighted by Crippen LogP contribution is -2.51. The Morgan fingerprint density at radius 2 is 1.97 bits per heavy atom. The quantitative estimate of drug-likeness (QED) is 0.724. The van der Waals surface area contributed by atoms with Gasteiger partial charge in [-0.1, -0.05) is 6.07 Å². The number of alkyl halides is 3. The van der Waals surface area contributed by atoms with E-state index in [1.807, 2.05) is 6.92 Å². The van der Waals surface area contributed by atoms with Crippen molar-refractivity contribution in [2.75, 3.05) is 26.2 Å². The monoisotopic (exact) mass is 442 g/mol. The second-order valence-corrected chi connectivity index (χ2v) is 9.45. The van der Waals surface area contributed by atoms with E-state index < -0.39 is 21.8 Å². The molecule has 3 heterocycles. The van der Waals surface area contributed by atoms with Crippen LogP contribution in [0.5, 0.6) is 5.88 Å². The van der Waals surface area contributed by atoms with Crippen molar-refractivity contribution >= 4 is 10.0 Å². The Kier molecular flexibility index (Phi) is 5.45. The van der Waals surface area contributed by atoms with Gasteiger partial charge in [0, 0.05) is 44.8 Å². The minimum Gasteiger partial charge on any atom is -0.472 e. The largest absolute Gasteiger partial charge is 0.472 e. The molecule has 0 bridgehead atoms. The zero-order chi connectivity index (χ0) is 21.5. The van der Waals surface area contributed by atoms with Gasteiger partial charge in [0.25, 0.3) is 0 Å². The smallest absolute Gasteiger partial charge is 0.416 e. The number of piperazine rings is 1. The van der Waals surface area contributed by atoms with Crippen LogP contribution >= 0.6 is 0 Å². The van der Waals surface area contributed by atoms with Crippen LogP contribution in [0.1, 0.15) is 17.7 Å². The summed E-state index contributed by atoms with van der Waals surface area (Å²) < 4.78 is 72.0. The molecule has 0 amide bonds. The molecule has 0 radical (unpaired) electrons. The van der Waals surface area contributed by atoms with E-state index in [2.05, 4.69) is 14.9 Å². The third-order valence-corrected chi connectivity index (χ3v) is 7.22. The predicted octanol–water partition coefficient (Wildman–Crippen LogP) is 2.33. The summed E-state index contributed by atoms with van der Waals surface area (Å²) in [5.41, 5.74) is -0.239. The molecule has 2 saturated heterocycles. The average Bonchev–Trinajstić information content (AvgIpc) is 3.09. The molecule has 30 heavy (non-hydrogen) atoms. The summed E-state index contributed by atoms with van der Waals surface area (Å²) in [4.78, 5) is 10.1. The van der Waals surface area contributed by atoms with Gasteiger partial charge in [-0.2, -0.15) is 17.5 Å². The molecule has 2 aliphatic heterocycles. The molecular formula is C19H21F3N4O3S. The fourth-order valence-corrected chi connectivity index (χ4v) is 5.44. The van der Waals surface area contributed by atoms with Crippen LogP contribution < -0.4 is 4.74 Å². The maximum absolute atomic E-state index is 13.0. The van der Waals surface area contributed by atoms with Crippen molar-refractivity contribution in [3.63, 3.8) is 0 Å². The second kappa shape index (κ2) is 7.78. The number of fused-ring (bicyclic) bond motifs is 1. The molecule has 0 spiro atoms. The first kappa shape index (κ1) is 21.0. The van der Waals surface area contributed by atoms with Crippen molar-refractivity contribution in [3.05, 3.63) is 47.9 Å². The predicted molar refractivity (Wildman–Crippen MR) is 101 cm³/mol.